The van der Waals surface area contributed by atoms with Crippen LogP contribution in [-0.2, 0) is 0 Å². The molecule has 0 aliphatic carbocycles. The maximum Gasteiger partial charge on any atom is 0.397 e. The number of hydrogen-bond acceptors (Lipinski definition) is 2. The van der Waals surface area contributed by atoms with Gasteiger partial charge in [-0.15, -0.1) is 4.57 Å². The van der Waals surface area contributed by atoms with Crippen LogP contribution in [0.2, 0.25) is 0 Å². The van der Waals surface area contributed by atoms with Crippen LogP contribution in [0, 0.1) is 0 Å². The van der Waals surface area contributed by atoms with E-state index in [0.717, 1.165) is 11.1 Å². The van der Waals surface area contributed by atoms with Gasteiger partial charge in [-0.2, -0.15) is 0 Å². The van der Waals surface area contributed by atoms with E-state index in [1.165, 1.54) is 0 Å². The lowest BCUT2D eigenvalue weighted by molar-refractivity contribution is -0.593. The summed E-state index contributed by atoms with van der Waals surface area (Å²) in [5.41, 5.74) is 3.46. The van der Waals surface area contributed by atoms with Crippen molar-refractivity contribution in [2.45, 2.75) is 0 Å². The summed E-state index contributed by atoms with van der Waals surface area (Å²) >= 11 is 0. The van der Waals surface area contributed by atoms with Crippen LogP contribution in [0.1, 0.15) is 0 Å². The minimum Gasteiger partial charge on any atom is -0.458 e. The molecule has 0 aliphatic rings. The smallest absolute Gasteiger partial charge is 0.397 e. The molecule has 1 heterocycles. The quantitative estimate of drug-likeness (QED) is 0.411. The molecule has 0 spiro atoms. The fraction of sp³-hybridized carbons (Fsp3) is 0. The maximum atomic E-state index is 14.1. The van der Waals surface area contributed by atoms with E-state index in [1.54, 1.807) is 9.13 Å². The Morgan fingerprint density at radius 1 is 0.594 bits per heavy atom. The third-order valence-corrected chi connectivity index (χ3v) is 5.40. The van der Waals surface area contributed by atoms with Crippen molar-refractivity contribution in [2.24, 2.45) is 0 Å². The Kier molecular flexibility index (Phi) is 5.10. The molecule has 0 fully saturated rings. The Hall–Kier alpha value is -4.44. The topological polar surface area (TPSA) is 46.1 Å². The van der Waals surface area contributed by atoms with Gasteiger partial charge in [-0.25, -0.2) is 0 Å². The Bertz CT molecular complexity index is 1310. The van der Waals surface area contributed by atoms with Crippen molar-refractivity contribution in [3.8, 4) is 39.8 Å². The summed E-state index contributed by atoms with van der Waals surface area (Å²) in [4.78, 5) is 14.1. The summed E-state index contributed by atoms with van der Waals surface area (Å²) in [5.74, 6) is -0.00953. The fourth-order valence-corrected chi connectivity index (χ4v) is 3.97. The third-order valence-electron chi connectivity index (χ3n) is 5.40. The Labute approximate surface area is 185 Å². The summed E-state index contributed by atoms with van der Waals surface area (Å²) in [5, 5.41) is 11.7. The van der Waals surface area contributed by atoms with Gasteiger partial charge in [-0.05, 0) is 24.3 Å². The second kappa shape index (κ2) is 8.36. The summed E-state index contributed by atoms with van der Waals surface area (Å²) in [6, 6.07) is 37.8. The van der Waals surface area contributed by atoms with Gasteiger partial charge in [0, 0.05) is 23.4 Å². The first-order chi connectivity index (χ1) is 15.8. The molecule has 5 rings (SSSR count). The zero-order chi connectivity index (χ0) is 21.9. The molecule has 0 saturated heterocycles. The van der Waals surface area contributed by atoms with Crippen molar-refractivity contribution in [1.82, 2.24) is 4.57 Å². The highest BCUT2D eigenvalue weighted by atomic mass is 16.3. The van der Waals surface area contributed by atoms with Crippen LogP contribution in [0.4, 0.5) is 0 Å². The molecule has 4 aromatic carbocycles. The molecule has 4 heteroatoms. The standard InChI is InChI=1S/C28H20N2O2/c31-27-25(21-13-5-1-6-14-21)29(23-17-9-3-10-18-23)28(32)26(22-15-7-2-8-16-22)30(27)24-19-11-4-12-20-24/h1-20H/p+1. The van der Waals surface area contributed by atoms with Crippen molar-refractivity contribution in [3.05, 3.63) is 132 Å². The van der Waals surface area contributed by atoms with E-state index in [1.807, 2.05) is 121 Å². The van der Waals surface area contributed by atoms with Gasteiger partial charge in [0.1, 0.15) is 0 Å². The Morgan fingerprint density at radius 2 is 1.06 bits per heavy atom. The lowest BCUT2D eigenvalue weighted by Crippen LogP contribution is -2.43. The number of rotatable bonds is 4. The molecule has 154 valence electrons. The van der Waals surface area contributed by atoms with E-state index in [2.05, 4.69) is 0 Å². The number of hydrogen-bond donors (Lipinski definition) is 1. The van der Waals surface area contributed by atoms with E-state index in [4.69, 9.17) is 0 Å². The molecule has 32 heavy (non-hydrogen) atoms. The number of aromatic nitrogens is 2. The van der Waals surface area contributed by atoms with Gasteiger partial charge >= 0.3 is 11.4 Å². The van der Waals surface area contributed by atoms with E-state index in [0.29, 0.717) is 22.8 Å². The second-order valence-corrected chi connectivity index (χ2v) is 7.40. The molecule has 1 aromatic heterocycles. The fourth-order valence-electron chi connectivity index (χ4n) is 3.97. The molecule has 0 amide bonds. The first-order valence-electron chi connectivity index (χ1n) is 10.4. The molecule has 0 saturated carbocycles. The van der Waals surface area contributed by atoms with Gasteiger partial charge in [0.05, 0.1) is 5.56 Å². The molecular weight excluding hydrogens is 396 g/mol. The average Bonchev–Trinajstić information content (AvgIpc) is 2.87. The van der Waals surface area contributed by atoms with E-state index < -0.39 is 0 Å². The van der Waals surface area contributed by atoms with Crippen LogP contribution < -0.4 is 10.1 Å². The molecule has 0 unspecified atom stereocenters. The molecule has 1 N–H and O–H groups in total. The Morgan fingerprint density at radius 3 is 1.62 bits per heavy atom. The van der Waals surface area contributed by atoms with Gasteiger partial charge in [0.2, 0.25) is 5.69 Å². The zero-order valence-electron chi connectivity index (χ0n) is 17.3. The first-order valence-corrected chi connectivity index (χ1v) is 10.4. The number of aromatic hydroxyl groups is 1. The highest BCUT2D eigenvalue weighted by Gasteiger charge is 2.33. The summed E-state index contributed by atoms with van der Waals surface area (Å²) in [7, 11) is 0. The summed E-state index contributed by atoms with van der Waals surface area (Å²) < 4.78 is 3.23. The second-order valence-electron chi connectivity index (χ2n) is 7.40. The van der Waals surface area contributed by atoms with Gasteiger partial charge in [0.25, 0.3) is 5.69 Å². The van der Waals surface area contributed by atoms with Crippen molar-refractivity contribution in [3.63, 3.8) is 0 Å². The molecule has 0 bridgehead atoms. The molecular formula is C28H21N2O2+. The molecule has 0 aliphatic heterocycles. The number of benzene rings is 4. The lowest BCUT2D eigenvalue weighted by atomic mass is 10.1. The normalized spacial score (nSPS) is 10.8. The highest BCUT2D eigenvalue weighted by molar-refractivity contribution is 5.68. The van der Waals surface area contributed by atoms with Crippen LogP contribution in [0.5, 0.6) is 5.88 Å². The van der Waals surface area contributed by atoms with Crippen LogP contribution in [0.3, 0.4) is 0 Å². The minimum atomic E-state index is -0.220. The predicted octanol–water partition coefficient (Wildman–Crippen LogP) is 5.15. The van der Waals surface area contributed by atoms with Gasteiger partial charge in [-0.1, -0.05) is 84.9 Å². The summed E-state index contributed by atoms with van der Waals surface area (Å²) in [6.07, 6.45) is 0. The minimum absolute atomic E-state index is 0.00953. The lowest BCUT2D eigenvalue weighted by Gasteiger charge is -2.16. The molecule has 4 nitrogen and oxygen atoms in total. The predicted molar refractivity (Wildman–Crippen MR) is 126 cm³/mol. The van der Waals surface area contributed by atoms with Crippen LogP contribution in [0.25, 0.3) is 33.9 Å². The highest BCUT2D eigenvalue weighted by Crippen LogP contribution is 2.30. The van der Waals surface area contributed by atoms with Crippen molar-refractivity contribution in [2.75, 3.05) is 0 Å². The SMILES string of the molecule is O=c1c(-c2ccccc2)[n+](-c2ccccc2)c(O)c(-c2ccccc2)n1-c1ccccc1. The molecule has 5 aromatic rings. The summed E-state index contributed by atoms with van der Waals surface area (Å²) in [6.45, 7) is 0. The Balaban J connectivity index is 1.98. The monoisotopic (exact) mass is 417 g/mol. The molecule has 0 atom stereocenters. The van der Waals surface area contributed by atoms with Crippen LogP contribution in [0.15, 0.2) is 126 Å². The maximum absolute atomic E-state index is 14.1. The van der Waals surface area contributed by atoms with Gasteiger partial charge in [0.15, 0.2) is 5.69 Å². The van der Waals surface area contributed by atoms with Gasteiger partial charge < -0.3 is 5.11 Å². The largest absolute Gasteiger partial charge is 0.458 e. The zero-order valence-corrected chi connectivity index (χ0v) is 17.3. The van der Waals surface area contributed by atoms with E-state index in [9.17, 15) is 9.90 Å². The first kappa shape index (κ1) is 19.5. The van der Waals surface area contributed by atoms with Crippen molar-refractivity contribution in [1.29, 1.82) is 0 Å². The van der Waals surface area contributed by atoms with E-state index >= 15 is 0 Å². The average molecular weight is 417 g/mol. The van der Waals surface area contributed by atoms with Crippen LogP contribution in [-0.4, -0.2) is 9.67 Å². The van der Waals surface area contributed by atoms with Crippen LogP contribution >= 0.6 is 0 Å². The molecule has 0 radical (unpaired) electrons. The van der Waals surface area contributed by atoms with Crippen molar-refractivity contribution >= 4 is 0 Å². The third kappa shape index (κ3) is 3.38. The van der Waals surface area contributed by atoms with E-state index in [-0.39, 0.29) is 11.4 Å². The van der Waals surface area contributed by atoms with Crippen molar-refractivity contribution < 1.29 is 9.67 Å². The number of para-hydroxylation sites is 2. The van der Waals surface area contributed by atoms with Gasteiger partial charge in [-0.3, -0.25) is 9.36 Å². The number of nitrogens with zero attached hydrogens (tertiary/aromatic N) is 2.